The molecule has 2 aliphatic heterocycles. The van der Waals surface area contributed by atoms with Crippen molar-refractivity contribution in [3.63, 3.8) is 0 Å². The van der Waals surface area contributed by atoms with Gasteiger partial charge in [-0.05, 0) is 43.2 Å². The Morgan fingerprint density at radius 3 is 2.83 bits per heavy atom. The molecule has 5 heteroatoms. The number of nitrogens with zero attached hydrogens (tertiary/aromatic N) is 4. The fourth-order valence-corrected chi connectivity index (χ4v) is 4.16. The van der Waals surface area contributed by atoms with Gasteiger partial charge in [0, 0.05) is 45.3 Å². The van der Waals surface area contributed by atoms with Crippen molar-refractivity contribution in [3.05, 3.63) is 48.3 Å². The minimum atomic E-state index is 0.121. The highest BCUT2D eigenvalue weighted by atomic mass is 16.5. The van der Waals surface area contributed by atoms with E-state index in [4.69, 9.17) is 4.74 Å². The summed E-state index contributed by atoms with van der Waals surface area (Å²) in [6, 6.07) is 4.20. The summed E-state index contributed by atoms with van der Waals surface area (Å²) in [6.07, 6.45) is 12.3. The van der Waals surface area contributed by atoms with E-state index in [0.29, 0.717) is 5.92 Å². The van der Waals surface area contributed by atoms with Crippen molar-refractivity contribution in [1.29, 1.82) is 0 Å². The molecule has 0 saturated carbocycles. The highest BCUT2D eigenvalue weighted by Crippen LogP contribution is 2.39. The molecule has 5 nitrogen and oxygen atoms in total. The summed E-state index contributed by atoms with van der Waals surface area (Å²) in [6.45, 7) is 4.12. The quantitative estimate of drug-likeness (QED) is 0.865. The Morgan fingerprint density at radius 1 is 1.25 bits per heavy atom. The average Bonchev–Trinajstić information content (AvgIpc) is 3.18. The number of ether oxygens (including phenoxy) is 1. The lowest BCUT2D eigenvalue weighted by Gasteiger charge is -2.38. The van der Waals surface area contributed by atoms with E-state index in [1.54, 1.807) is 0 Å². The summed E-state index contributed by atoms with van der Waals surface area (Å²) < 4.78 is 8.42. The van der Waals surface area contributed by atoms with Crippen LogP contribution in [0.2, 0.25) is 0 Å². The van der Waals surface area contributed by atoms with E-state index in [9.17, 15) is 0 Å². The van der Waals surface area contributed by atoms with Gasteiger partial charge in [0.1, 0.15) is 0 Å². The second-order valence-corrected chi connectivity index (χ2v) is 7.40. The van der Waals surface area contributed by atoms with Gasteiger partial charge >= 0.3 is 0 Å². The van der Waals surface area contributed by atoms with E-state index >= 15 is 0 Å². The predicted octanol–water partition coefficient (Wildman–Crippen LogP) is 2.43. The molecule has 0 bridgehead atoms. The molecule has 1 atom stereocenters. The summed E-state index contributed by atoms with van der Waals surface area (Å²) in [5, 5.41) is 0. The Labute approximate surface area is 143 Å². The van der Waals surface area contributed by atoms with Crippen molar-refractivity contribution < 1.29 is 4.74 Å². The van der Waals surface area contributed by atoms with Gasteiger partial charge in [-0.25, -0.2) is 4.98 Å². The third-order valence-corrected chi connectivity index (χ3v) is 5.60. The molecule has 128 valence electrons. The molecule has 4 rings (SSSR count). The lowest BCUT2D eigenvalue weighted by atomic mass is 9.83. The lowest BCUT2D eigenvalue weighted by Crippen LogP contribution is -2.43. The largest absolute Gasteiger partial charge is 0.375 e. The Morgan fingerprint density at radius 2 is 2.12 bits per heavy atom. The van der Waals surface area contributed by atoms with Crippen molar-refractivity contribution in [2.75, 3.05) is 19.7 Å². The van der Waals surface area contributed by atoms with Gasteiger partial charge in [0.25, 0.3) is 0 Å². The van der Waals surface area contributed by atoms with Crippen LogP contribution in [0.25, 0.3) is 0 Å². The van der Waals surface area contributed by atoms with Crippen molar-refractivity contribution in [2.24, 2.45) is 13.0 Å². The number of piperidine rings is 1. The average molecular weight is 326 g/mol. The number of likely N-dealkylation sites (tertiary alicyclic amines) is 1. The monoisotopic (exact) mass is 326 g/mol. The molecule has 24 heavy (non-hydrogen) atoms. The van der Waals surface area contributed by atoms with Crippen LogP contribution in [0.15, 0.2) is 37.1 Å². The SMILES string of the molecule is Cn1cncc1CN1CCC2(CC1)C[C@@H](Cc1cccnc1)CO2. The smallest absolute Gasteiger partial charge is 0.0945 e. The maximum atomic E-state index is 6.31. The normalized spacial score (nSPS) is 23.8. The Hall–Kier alpha value is -1.72. The van der Waals surface area contributed by atoms with Gasteiger partial charge in [-0.15, -0.1) is 0 Å². The molecule has 0 aliphatic carbocycles. The molecular formula is C19H26N4O. The molecule has 0 N–H and O–H groups in total. The van der Waals surface area contributed by atoms with Gasteiger partial charge < -0.3 is 9.30 Å². The zero-order valence-corrected chi connectivity index (χ0v) is 14.4. The summed E-state index contributed by atoms with van der Waals surface area (Å²) >= 11 is 0. The summed E-state index contributed by atoms with van der Waals surface area (Å²) in [5.74, 6) is 0.637. The van der Waals surface area contributed by atoms with Crippen LogP contribution < -0.4 is 0 Å². The van der Waals surface area contributed by atoms with Gasteiger partial charge in [-0.1, -0.05) is 6.07 Å². The first-order chi connectivity index (χ1) is 11.7. The summed E-state index contributed by atoms with van der Waals surface area (Å²) in [5.41, 5.74) is 2.74. The number of imidazole rings is 1. The predicted molar refractivity (Wildman–Crippen MR) is 92.5 cm³/mol. The zero-order chi connectivity index (χ0) is 16.4. The standard InChI is InChI=1S/C19H26N4O/c1-22-15-21-12-18(22)13-23-7-4-19(5-8-23)10-17(14-24-19)9-16-3-2-6-20-11-16/h2-3,6,11-12,15,17H,4-5,7-10,13-14H2,1H3/t17-/m1/s1. The zero-order valence-electron chi connectivity index (χ0n) is 14.4. The van der Waals surface area contributed by atoms with Crippen LogP contribution in [0.3, 0.4) is 0 Å². The minimum Gasteiger partial charge on any atom is -0.375 e. The van der Waals surface area contributed by atoms with Gasteiger partial charge in [-0.2, -0.15) is 0 Å². The second kappa shape index (κ2) is 6.65. The molecule has 4 heterocycles. The number of rotatable bonds is 4. The molecule has 2 aromatic heterocycles. The maximum absolute atomic E-state index is 6.31. The number of hydrogen-bond donors (Lipinski definition) is 0. The molecule has 1 spiro atoms. The fraction of sp³-hybridized carbons (Fsp3) is 0.579. The van der Waals surface area contributed by atoms with Crippen LogP contribution in [0.1, 0.15) is 30.5 Å². The van der Waals surface area contributed by atoms with Crippen LogP contribution in [0.4, 0.5) is 0 Å². The van der Waals surface area contributed by atoms with Crippen LogP contribution in [-0.4, -0.2) is 44.7 Å². The van der Waals surface area contributed by atoms with Crippen LogP contribution in [-0.2, 0) is 24.8 Å². The molecule has 0 radical (unpaired) electrons. The number of aromatic nitrogens is 3. The first-order valence-corrected chi connectivity index (χ1v) is 8.93. The van der Waals surface area contributed by atoms with Crippen LogP contribution >= 0.6 is 0 Å². The highest BCUT2D eigenvalue weighted by Gasteiger charge is 2.42. The van der Waals surface area contributed by atoms with E-state index in [-0.39, 0.29) is 5.60 Å². The van der Waals surface area contributed by atoms with Crippen molar-refractivity contribution in [3.8, 4) is 0 Å². The van der Waals surface area contributed by atoms with Crippen molar-refractivity contribution >= 4 is 0 Å². The van der Waals surface area contributed by atoms with E-state index < -0.39 is 0 Å². The molecular weight excluding hydrogens is 300 g/mol. The van der Waals surface area contributed by atoms with Crippen LogP contribution in [0, 0.1) is 5.92 Å². The molecule has 0 aromatic carbocycles. The molecule has 2 aromatic rings. The van der Waals surface area contributed by atoms with Crippen molar-refractivity contribution in [2.45, 2.75) is 37.8 Å². The van der Waals surface area contributed by atoms with Gasteiger partial charge in [0.15, 0.2) is 0 Å². The fourth-order valence-electron chi connectivity index (χ4n) is 4.16. The van der Waals surface area contributed by atoms with E-state index in [1.165, 1.54) is 17.7 Å². The first kappa shape index (κ1) is 15.8. The third kappa shape index (κ3) is 3.37. The Balaban J connectivity index is 1.30. The van der Waals surface area contributed by atoms with Gasteiger partial charge in [0.05, 0.1) is 24.2 Å². The number of hydrogen-bond acceptors (Lipinski definition) is 4. The third-order valence-electron chi connectivity index (χ3n) is 5.60. The van der Waals surface area contributed by atoms with Gasteiger partial charge in [0.2, 0.25) is 0 Å². The van der Waals surface area contributed by atoms with E-state index in [0.717, 1.165) is 45.5 Å². The summed E-state index contributed by atoms with van der Waals surface area (Å²) in [4.78, 5) is 11.0. The Kier molecular flexibility index (Phi) is 4.37. The molecule has 0 amide bonds. The van der Waals surface area contributed by atoms with Crippen LogP contribution in [0.5, 0.6) is 0 Å². The van der Waals surface area contributed by atoms with E-state index in [1.807, 2.05) is 31.0 Å². The molecule has 2 fully saturated rings. The summed E-state index contributed by atoms with van der Waals surface area (Å²) in [7, 11) is 2.07. The topological polar surface area (TPSA) is 43.2 Å². The minimum absolute atomic E-state index is 0.121. The number of pyridine rings is 1. The van der Waals surface area contributed by atoms with Crippen molar-refractivity contribution in [1.82, 2.24) is 19.4 Å². The highest BCUT2D eigenvalue weighted by molar-refractivity contribution is 5.10. The Bertz CT molecular complexity index is 661. The maximum Gasteiger partial charge on any atom is 0.0945 e. The van der Waals surface area contributed by atoms with Gasteiger partial charge in [-0.3, -0.25) is 9.88 Å². The molecule has 0 unspecified atom stereocenters. The first-order valence-electron chi connectivity index (χ1n) is 8.93. The molecule has 2 saturated heterocycles. The molecule has 2 aliphatic rings. The van der Waals surface area contributed by atoms with E-state index in [2.05, 4.69) is 32.5 Å². The second-order valence-electron chi connectivity index (χ2n) is 7.40. The lowest BCUT2D eigenvalue weighted by molar-refractivity contribution is -0.0453. The number of aryl methyl sites for hydroxylation is 1.